The van der Waals surface area contributed by atoms with Crippen molar-refractivity contribution >= 4 is 33.1 Å². The molecule has 0 aliphatic rings. The summed E-state index contributed by atoms with van der Waals surface area (Å²) in [5, 5.41) is 0.416. The lowest BCUT2D eigenvalue weighted by molar-refractivity contribution is 0.102. The van der Waals surface area contributed by atoms with Crippen LogP contribution in [0.15, 0.2) is 54.6 Å². The minimum atomic E-state index is -3.76. The molecule has 0 fully saturated rings. The number of sulfonamides is 1. The van der Waals surface area contributed by atoms with Crippen LogP contribution in [0.25, 0.3) is 0 Å². The van der Waals surface area contributed by atoms with Crippen LogP contribution >= 0.6 is 11.6 Å². The van der Waals surface area contributed by atoms with Gasteiger partial charge in [-0.1, -0.05) is 48.0 Å². The quantitative estimate of drug-likeness (QED) is 0.864. The first-order valence-electron chi connectivity index (χ1n) is 5.80. The van der Waals surface area contributed by atoms with Gasteiger partial charge in [-0.15, -0.1) is 0 Å². The number of anilines is 1. The molecule has 0 aliphatic carbocycles. The number of benzene rings is 2. The second-order valence-corrected chi connectivity index (χ2v) is 6.32. The van der Waals surface area contributed by atoms with Gasteiger partial charge in [-0.2, -0.15) is 0 Å². The summed E-state index contributed by atoms with van der Waals surface area (Å²) in [7, 11) is -3.76. The molecule has 0 saturated carbocycles. The zero-order valence-corrected chi connectivity index (χ0v) is 12.0. The number of hydrogen-bond donors (Lipinski definition) is 1. The monoisotopic (exact) mass is 309 g/mol. The lowest BCUT2D eigenvalue weighted by Crippen LogP contribution is -2.22. The minimum absolute atomic E-state index is 0.332. The van der Waals surface area contributed by atoms with Gasteiger partial charge in [0, 0.05) is 16.3 Å². The number of hydrogen-bond acceptors (Lipinski definition) is 3. The first-order chi connectivity index (χ1) is 9.46. The summed E-state index contributed by atoms with van der Waals surface area (Å²) in [5.74, 6) is -1.07. The van der Waals surface area contributed by atoms with E-state index in [4.69, 9.17) is 11.6 Å². The molecule has 1 N–H and O–H groups in total. The molecule has 0 atom stereocenters. The van der Waals surface area contributed by atoms with Crippen LogP contribution in [0.2, 0.25) is 5.02 Å². The van der Waals surface area contributed by atoms with Gasteiger partial charge in [0.15, 0.2) is 5.78 Å². The standard InChI is InChI=1S/C14H12ClNO3S/c15-12-7-4-8-13(9-12)16-20(18,19)10-14(17)11-5-2-1-3-6-11/h1-9,16H,10H2. The Balaban J connectivity index is 2.10. The molecule has 0 aliphatic heterocycles. The van der Waals surface area contributed by atoms with E-state index in [-0.39, 0.29) is 0 Å². The third-order valence-corrected chi connectivity index (χ3v) is 3.94. The van der Waals surface area contributed by atoms with Crippen LogP contribution in [0, 0.1) is 0 Å². The summed E-state index contributed by atoms with van der Waals surface area (Å²) >= 11 is 5.77. The van der Waals surface area contributed by atoms with Crippen molar-refractivity contribution in [3.8, 4) is 0 Å². The van der Waals surface area contributed by atoms with Gasteiger partial charge in [-0.25, -0.2) is 8.42 Å². The van der Waals surface area contributed by atoms with E-state index >= 15 is 0 Å². The Morgan fingerprint density at radius 2 is 1.75 bits per heavy atom. The van der Waals surface area contributed by atoms with E-state index in [0.717, 1.165) is 0 Å². The van der Waals surface area contributed by atoms with Gasteiger partial charge < -0.3 is 0 Å². The molecule has 0 radical (unpaired) electrons. The third kappa shape index (κ3) is 4.08. The molecular formula is C14H12ClNO3S. The van der Waals surface area contributed by atoms with Gasteiger partial charge in [-0.05, 0) is 18.2 Å². The topological polar surface area (TPSA) is 63.2 Å². The van der Waals surface area contributed by atoms with E-state index in [1.807, 2.05) is 0 Å². The fourth-order valence-corrected chi connectivity index (χ4v) is 2.91. The Labute approximate surface area is 122 Å². The van der Waals surface area contributed by atoms with Gasteiger partial charge in [0.05, 0.1) is 0 Å². The van der Waals surface area contributed by atoms with Crippen molar-refractivity contribution in [2.24, 2.45) is 0 Å². The van der Waals surface area contributed by atoms with Gasteiger partial charge in [0.2, 0.25) is 10.0 Å². The SMILES string of the molecule is O=C(CS(=O)(=O)Nc1cccc(Cl)c1)c1ccccc1. The molecule has 2 rings (SSSR count). The van der Waals surface area contributed by atoms with Crippen molar-refractivity contribution < 1.29 is 13.2 Å². The van der Waals surface area contributed by atoms with Crippen molar-refractivity contribution in [3.05, 3.63) is 65.2 Å². The average molecular weight is 310 g/mol. The normalized spacial score (nSPS) is 11.1. The summed E-state index contributed by atoms with van der Waals surface area (Å²) in [5.41, 5.74) is 0.697. The number of ketones is 1. The molecule has 6 heteroatoms. The van der Waals surface area contributed by atoms with Crippen LogP contribution in [0.1, 0.15) is 10.4 Å². The Bertz CT molecular complexity index is 714. The van der Waals surface area contributed by atoms with Crippen LogP contribution in [-0.4, -0.2) is 20.0 Å². The molecule has 4 nitrogen and oxygen atoms in total. The van der Waals surface area contributed by atoms with E-state index in [1.54, 1.807) is 48.5 Å². The van der Waals surface area contributed by atoms with E-state index in [2.05, 4.69) is 4.72 Å². The molecular weight excluding hydrogens is 298 g/mol. The van der Waals surface area contributed by atoms with Gasteiger partial charge in [-0.3, -0.25) is 9.52 Å². The smallest absolute Gasteiger partial charge is 0.240 e. The fourth-order valence-electron chi connectivity index (χ4n) is 1.65. The van der Waals surface area contributed by atoms with E-state index in [9.17, 15) is 13.2 Å². The zero-order chi connectivity index (χ0) is 14.6. The molecule has 2 aromatic rings. The maximum atomic E-state index is 11.9. The lowest BCUT2D eigenvalue weighted by Gasteiger charge is -2.07. The molecule has 2 aromatic carbocycles. The maximum Gasteiger partial charge on any atom is 0.240 e. The van der Waals surface area contributed by atoms with Gasteiger partial charge >= 0.3 is 0 Å². The summed E-state index contributed by atoms with van der Waals surface area (Å²) in [4.78, 5) is 11.9. The Kier molecular flexibility index (Phi) is 4.42. The molecule has 0 aromatic heterocycles. The largest absolute Gasteiger partial charge is 0.293 e. The number of carbonyl (C=O) groups excluding carboxylic acids is 1. The van der Waals surface area contributed by atoms with E-state index in [1.165, 1.54) is 6.07 Å². The molecule has 0 amide bonds. The second-order valence-electron chi connectivity index (χ2n) is 4.16. The first-order valence-corrected chi connectivity index (χ1v) is 7.84. The van der Waals surface area contributed by atoms with Crippen LogP contribution in [0.4, 0.5) is 5.69 Å². The highest BCUT2D eigenvalue weighted by Crippen LogP contribution is 2.16. The van der Waals surface area contributed by atoms with Crippen molar-refractivity contribution in [2.75, 3.05) is 10.5 Å². The molecule has 0 unspecified atom stereocenters. The highest BCUT2D eigenvalue weighted by atomic mass is 35.5. The Morgan fingerprint density at radius 1 is 1.05 bits per heavy atom. The summed E-state index contributed by atoms with van der Waals surface area (Å²) in [6.07, 6.45) is 0. The van der Waals surface area contributed by atoms with Gasteiger partial charge in [0.25, 0.3) is 0 Å². The summed E-state index contributed by atoms with van der Waals surface area (Å²) < 4.78 is 26.2. The summed E-state index contributed by atoms with van der Waals surface area (Å²) in [6.45, 7) is 0. The van der Waals surface area contributed by atoms with E-state index in [0.29, 0.717) is 16.3 Å². The molecule has 104 valence electrons. The highest BCUT2D eigenvalue weighted by Gasteiger charge is 2.17. The zero-order valence-electron chi connectivity index (χ0n) is 10.4. The predicted molar refractivity (Wildman–Crippen MR) is 79.6 cm³/mol. The molecule has 0 spiro atoms. The lowest BCUT2D eigenvalue weighted by atomic mass is 10.2. The highest BCUT2D eigenvalue weighted by molar-refractivity contribution is 7.93. The van der Waals surface area contributed by atoms with Crippen LogP contribution < -0.4 is 4.72 Å². The van der Waals surface area contributed by atoms with Crippen molar-refractivity contribution in [2.45, 2.75) is 0 Å². The van der Waals surface area contributed by atoms with Gasteiger partial charge in [0.1, 0.15) is 5.75 Å². The molecule has 0 saturated heterocycles. The fraction of sp³-hybridized carbons (Fsp3) is 0.0714. The Hall–Kier alpha value is -1.85. The second kappa shape index (κ2) is 6.07. The molecule has 0 heterocycles. The number of nitrogens with one attached hydrogen (secondary N) is 1. The minimum Gasteiger partial charge on any atom is -0.293 e. The van der Waals surface area contributed by atoms with Crippen LogP contribution in [0.5, 0.6) is 0 Å². The Morgan fingerprint density at radius 3 is 2.40 bits per heavy atom. The number of rotatable bonds is 5. The van der Waals surface area contributed by atoms with E-state index < -0.39 is 21.6 Å². The predicted octanol–water partition coefficient (Wildman–Crippen LogP) is 2.96. The number of Topliss-reactive ketones (excluding diaryl/α,β-unsaturated/α-hetero) is 1. The van der Waals surface area contributed by atoms with Crippen molar-refractivity contribution in [1.82, 2.24) is 0 Å². The number of carbonyl (C=O) groups is 1. The van der Waals surface area contributed by atoms with Crippen molar-refractivity contribution in [1.29, 1.82) is 0 Å². The van der Waals surface area contributed by atoms with Crippen LogP contribution in [-0.2, 0) is 10.0 Å². The average Bonchev–Trinajstić information content (AvgIpc) is 2.38. The third-order valence-electron chi connectivity index (χ3n) is 2.51. The molecule has 0 bridgehead atoms. The number of halogens is 1. The van der Waals surface area contributed by atoms with Crippen molar-refractivity contribution in [3.63, 3.8) is 0 Å². The maximum absolute atomic E-state index is 11.9. The molecule has 20 heavy (non-hydrogen) atoms. The summed E-state index contributed by atoms with van der Waals surface area (Å²) in [6, 6.07) is 14.6. The van der Waals surface area contributed by atoms with Crippen LogP contribution in [0.3, 0.4) is 0 Å². The first kappa shape index (κ1) is 14.6.